The van der Waals surface area contributed by atoms with Gasteiger partial charge in [-0.05, 0) is 43.0 Å². The number of ketones is 1. The number of hydrogen-bond acceptors (Lipinski definition) is 8. The van der Waals surface area contributed by atoms with Gasteiger partial charge in [0.1, 0.15) is 23.7 Å². The van der Waals surface area contributed by atoms with Crippen molar-refractivity contribution in [2.24, 2.45) is 13.0 Å². The van der Waals surface area contributed by atoms with Crippen molar-refractivity contribution in [3.05, 3.63) is 56.2 Å². The molecule has 0 aliphatic carbocycles. The van der Waals surface area contributed by atoms with E-state index >= 15 is 0 Å². The first-order chi connectivity index (χ1) is 15.7. The van der Waals surface area contributed by atoms with Crippen LogP contribution in [0.1, 0.15) is 47.4 Å². The zero-order valence-corrected chi connectivity index (χ0v) is 19.0. The number of aromatic nitrogens is 2. The minimum Gasteiger partial charge on any atom is -0.491 e. The number of esters is 1. The van der Waals surface area contributed by atoms with Crippen LogP contribution in [0.15, 0.2) is 33.9 Å². The van der Waals surface area contributed by atoms with E-state index in [0.717, 1.165) is 24.0 Å². The van der Waals surface area contributed by atoms with Crippen molar-refractivity contribution in [1.82, 2.24) is 9.13 Å². The van der Waals surface area contributed by atoms with Crippen LogP contribution in [0.5, 0.6) is 5.75 Å². The second-order valence-corrected chi connectivity index (χ2v) is 8.38. The number of nitrogens with two attached hydrogens (primary N) is 1. The number of anilines is 1. The maximum atomic E-state index is 12.7. The van der Waals surface area contributed by atoms with Crippen molar-refractivity contribution < 1.29 is 23.8 Å². The topological polar surface area (TPSA) is 132 Å². The maximum Gasteiger partial charge on any atom is 0.338 e. The fraction of sp³-hybridized carbons (Fsp3) is 0.478. The molecular formula is C23H29N3O7. The van der Waals surface area contributed by atoms with Crippen LogP contribution in [-0.2, 0) is 23.1 Å². The molecule has 1 aromatic carbocycles. The van der Waals surface area contributed by atoms with Crippen molar-refractivity contribution in [1.29, 1.82) is 0 Å². The van der Waals surface area contributed by atoms with Gasteiger partial charge in [-0.25, -0.2) is 9.59 Å². The summed E-state index contributed by atoms with van der Waals surface area (Å²) in [5, 5.41) is 0. The Hall–Kier alpha value is -3.40. The van der Waals surface area contributed by atoms with Crippen LogP contribution in [0.25, 0.3) is 0 Å². The molecule has 0 spiro atoms. The Labute approximate surface area is 190 Å². The molecule has 1 saturated heterocycles. The van der Waals surface area contributed by atoms with Gasteiger partial charge in [0, 0.05) is 20.2 Å². The molecule has 33 heavy (non-hydrogen) atoms. The molecule has 1 aliphatic heterocycles. The minimum absolute atomic E-state index is 0.0564. The van der Waals surface area contributed by atoms with Gasteiger partial charge in [-0.3, -0.25) is 18.7 Å². The number of Topliss-reactive ketones (excluding diaryl/α,β-unsaturated/α-hetero) is 1. The number of benzene rings is 1. The summed E-state index contributed by atoms with van der Waals surface area (Å²) >= 11 is 0. The van der Waals surface area contributed by atoms with Crippen LogP contribution in [0.3, 0.4) is 0 Å². The molecule has 1 unspecified atom stereocenters. The molecule has 10 heteroatoms. The van der Waals surface area contributed by atoms with Gasteiger partial charge in [0.15, 0.2) is 6.61 Å². The van der Waals surface area contributed by atoms with Gasteiger partial charge >= 0.3 is 11.7 Å². The summed E-state index contributed by atoms with van der Waals surface area (Å²) in [4.78, 5) is 49.9. The van der Waals surface area contributed by atoms with Gasteiger partial charge in [0.05, 0.1) is 11.7 Å². The highest BCUT2D eigenvalue weighted by Crippen LogP contribution is 2.17. The Morgan fingerprint density at radius 1 is 1.21 bits per heavy atom. The molecule has 10 nitrogen and oxygen atoms in total. The standard InChI is InChI=1S/C23H29N3O7/c1-14(2)11-26-20(24)19(21(28)25(3)23(26)30)18(27)13-33-22(29)15-6-8-16(9-7-15)32-12-17-5-4-10-31-17/h6-9,14,17H,4-5,10-13,24H2,1-3H3. The number of ether oxygens (including phenoxy) is 3. The average Bonchev–Trinajstić information content (AvgIpc) is 3.31. The van der Waals surface area contributed by atoms with Crippen molar-refractivity contribution in [2.75, 3.05) is 25.6 Å². The SMILES string of the molecule is CC(C)Cn1c(N)c(C(=O)COC(=O)c2ccc(OCC3CCCO3)cc2)c(=O)n(C)c1=O. The minimum atomic E-state index is -0.828. The molecule has 1 aliphatic rings. The largest absolute Gasteiger partial charge is 0.491 e. The first-order valence-corrected chi connectivity index (χ1v) is 10.8. The lowest BCUT2D eigenvalue weighted by Crippen LogP contribution is -2.43. The Morgan fingerprint density at radius 2 is 1.91 bits per heavy atom. The first kappa shape index (κ1) is 24.2. The van der Waals surface area contributed by atoms with E-state index in [1.54, 1.807) is 12.1 Å². The van der Waals surface area contributed by atoms with Crippen molar-refractivity contribution in [3.63, 3.8) is 0 Å². The van der Waals surface area contributed by atoms with Crippen LogP contribution in [-0.4, -0.2) is 46.8 Å². The Balaban J connectivity index is 1.65. The van der Waals surface area contributed by atoms with Gasteiger partial charge < -0.3 is 19.9 Å². The van der Waals surface area contributed by atoms with E-state index in [1.807, 2.05) is 13.8 Å². The number of rotatable bonds is 9. The van der Waals surface area contributed by atoms with Crippen molar-refractivity contribution in [3.8, 4) is 5.75 Å². The van der Waals surface area contributed by atoms with E-state index < -0.39 is 29.6 Å². The normalized spacial score (nSPS) is 15.6. The Bertz CT molecular complexity index is 1130. The van der Waals surface area contributed by atoms with E-state index in [4.69, 9.17) is 19.9 Å². The van der Waals surface area contributed by atoms with Gasteiger partial charge in [-0.1, -0.05) is 13.8 Å². The maximum absolute atomic E-state index is 12.7. The fourth-order valence-corrected chi connectivity index (χ4v) is 3.53. The second kappa shape index (κ2) is 10.5. The predicted octanol–water partition coefficient (Wildman–Crippen LogP) is 1.38. The van der Waals surface area contributed by atoms with Crippen molar-refractivity contribution >= 4 is 17.6 Å². The summed E-state index contributed by atoms with van der Waals surface area (Å²) in [6, 6.07) is 6.30. The summed E-state index contributed by atoms with van der Waals surface area (Å²) in [5.74, 6) is -1.11. The molecule has 2 heterocycles. The molecule has 2 N–H and O–H groups in total. The van der Waals surface area contributed by atoms with Crippen LogP contribution >= 0.6 is 0 Å². The smallest absolute Gasteiger partial charge is 0.338 e. The molecule has 1 aromatic heterocycles. The lowest BCUT2D eigenvalue weighted by atomic mass is 10.1. The third-order valence-electron chi connectivity index (χ3n) is 5.29. The van der Waals surface area contributed by atoms with Gasteiger partial charge in [0.25, 0.3) is 5.56 Å². The lowest BCUT2D eigenvalue weighted by molar-refractivity contribution is 0.0474. The molecular weight excluding hydrogens is 430 g/mol. The molecule has 1 atom stereocenters. The molecule has 178 valence electrons. The van der Waals surface area contributed by atoms with E-state index in [1.165, 1.54) is 23.7 Å². The molecule has 3 rings (SSSR count). The monoisotopic (exact) mass is 459 g/mol. The lowest BCUT2D eigenvalue weighted by Gasteiger charge is -2.16. The summed E-state index contributed by atoms with van der Waals surface area (Å²) in [7, 11) is 1.27. The third-order valence-corrected chi connectivity index (χ3v) is 5.29. The molecule has 1 fully saturated rings. The summed E-state index contributed by atoms with van der Waals surface area (Å²) in [6.07, 6.45) is 2.06. The van der Waals surface area contributed by atoms with Gasteiger partial charge in [0.2, 0.25) is 5.78 Å². The quantitative estimate of drug-likeness (QED) is 0.439. The van der Waals surface area contributed by atoms with E-state index in [-0.39, 0.29) is 35.5 Å². The third kappa shape index (κ3) is 5.70. The van der Waals surface area contributed by atoms with E-state index in [0.29, 0.717) is 12.4 Å². The highest BCUT2D eigenvalue weighted by atomic mass is 16.5. The Morgan fingerprint density at radius 3 is 2.52 bits per heavy atom. The molecule has 0 bridgehead atoms. The predicted molar refractivity (Wildman–Crippen MR) is 121 cm³/mol. The first-order valence-electron chi connectivity index (χ1n) is 10.8. The number of carbonyl (C=O) groups is 2. The number of hydrogen-bond donors (Lipinski definition) is 1. The highest BCUT2D eigenvalue weighted by molar-refractivity contribution is 6.02. The molecule has 0 amide bonds. The van der Waals surface area contributed by atoms with Gasteiger partial charge in [-0.2, -0.15) is 0 Å². The summed E-state index contributed by atoms with van der Waals surface area (Å²) in [6.45, 7) is 4.48. The average molecular weight is 459 g/mol. The van der Waals surface area contributed by atoms with Crippen LogP contribution in [0, 0.1) is 5.92 Å². The number of nitrogens with zero attached hydrogens (tertiary/aromatic N) is 2. The second-order valence-electron chi connectivity index (χ2n) is 8.38. The highest BCUT2D eigenvalue weighted by Gasteiger charge is 2.23. The van der Waals surface area contributed by atoms with Crippen LogP contribution < -0.4 is 21.7 Å². The molecule has 2 aromatic rings. The molecule has 0 radical (unpaired) electrons. The van der Waals surface area contributed by atoms with Crippen molar-refractivity contribution in [2.45, 2.75) is 39.3 Å². The Kier molecular flexibility index (Phi) is 7.70. The zero-order valence-electron chi connectivity index (χ0n) is 19.0. The van der Waals surface area contributed by atoms with Crippen LogP contribution in [0.4, 0.5) is 5.82 Å². The molecule has 0 saturated carbocycles. The number of carbonyl (C=O) groups excluding carboxylic acids is 2. The summed E-state index contributed by atoms with van der Waals surface area (Å²) in [5.41, 5.74) is 4.39. The number of nitrogen functional groups attached to an aromatic ring is 1. The van der Waals surface area contributed by atoms with Gasteiger partial charge in [-0.15, -0.1) is 0 Å². The van der Waals surface area contributed by atoms with E-state index in [9.17, 15) is 19.2 Å². The van der Waals surface area contributed by atoms with Crippen LogP contribution in [0.2, 0.25) is 0 Å². The fourth-order valence-electron chi connectivity index (χ4n) is 3.53. The zero-order chi connectivity index (χ0) is 24.1. The summed E-state index contributed by atoms with van der Waals surface area (Å²) < 4.78 is 18.2. The van der Waals surface area contributed by atoms with E-state index in [2.05, 4.69) is 0 Å².